The van der Waals surface area contributed by atoms with Gasteiger partial charge in [-0.05, 0) is 36.0 Å². The molecule has 1 aromatic heterocycles. The van der Waals surface area contributed by atoms with Gasteiger partial charge in [0.25, 0.3) is 5.91 Å². The number of nitrogens with two attached hydrogens (primary N) is 1. The standard InChI is InChI=1S/C20H16N4O2S/c21-18(25)12-24-11-13(15-8-4-5-9-16(15)24)10-17-19(26)23-20(27-17)22-14-6-2-1-3-7-14/h1-11H,12H2,(H2,21,25)(H,22,23,26). The Balaban J connectivity index is 1.69. The van der Waals surface area contributed by atoms with Crippen LogP contribution in [0.2, 0.25) is 0 Å². The number of hydrogen-bond acceptors (Lipinski definition) is 4. The highest BCUT2D eigenvalue weighted by Crippen LogP contribution is 2.31. The van der Waals surface area contributed by atoms with Crippen LogP contribution in [0.1, 0.15) is 5.56 Å². The fourth-order valence-electron chi connectivity index (χ4n) is 2.93. The van der Waals surface area contributed by atoms with Crippen molar-refractivity contribution < 1.29 is 9.59 Å². The van der Waals surface area contributed by atoms with Gasteiger partial charge in [0.15, 0.2) is 5.17 Å². The van der Waals surface area contributed by atoms with Crippen molar-refractivity contribution >= 4 is 51.4 Å². The molecule has 0 unspecified atom stereocenters. The van der Waals surface area contributed by atoms with Crippen LogP contribution in [0.25, 0.3) is 17.0 Å². The first kappa shape index (κ1) is 17.1. The summed E-state index contributed by atoms with van der Waals surface area (Å²) in [6, 6.07) is 17.1. The lowest BCUT2D eigenvalue weighted by Gasteiger charge is -2.00. The number of carbonyl (C=O) groups excluding carboxylic acids is 2. The average molecular weight is 376 g/mol. The van der Waals surface area contributed by atoms with Gasteiger partial charge < -0.3 is 15.6 Å². The second-order valence-corrected chi connectivity index (χ2v) is 7.04. The quantitative estimate of drug-likeness (QED) is 0.686. The maximum absolute atomic E-state index is 12.3. The molecule has 0 saturated carbocycles. The molecule has 0 bridgehead atoms. The third-order valence-corrected chi connectivity index (χ3v) is 4.98. The summed E-state index contributed by atoms with van der Waals surface area (Å²) in [7, 11) is 0. The van der Waals surface area contributed by atoms with Crippen molar-refractivity contribution in [1.29, 1.82) is 0 Å². The number of thioether (sulfide) groups is 1. The topological polar surface area (TPSA) is 89.5 Å². The van der Waals surface area contributed by atoms with Crippen molar-refractivity contribution in [3.05, 3.63) is 71.3 Å². The van der Waals surface area contributed by atoms with Gasteiger partial charge in [-0.3, -0.25) is 9.59 Å². The van der Waals surface area contributed by atoms with E-state index in [9.17, 15) is 9.59 Å². The molecule has 2 amide bonds. The van der Waals surface area contributed by atoms with E-state index in [0.29, 0.717) is 10.1 Å². The number of fused-ring (bicyclic) bond motifs is 1. The molecule has 1 aliphatic heterocycles. The fraction of sp³-hybridized carbons (Fsp3) is 0.0500. The van der Waals surface area contributed by atoms with Gasteiger partial charge >= 0.3 is 0 Å². The Morgan fingerprint density at radius 2 is 1.89 bits per heavy atom. The first-order chi connectivity index (χ1) is 13.1. The predicted molar refractivity (Wildman–Crippen MR) is 108 cm³/mol. The predicted octanol–water partition coefficient (Wildman–Crippen LogP) is 3.02. The van der Waals surface area contributed by atoms with E-state index in [2.05, 4.69) is 10.3 Å². The van der Waals surface area contributed by atoms with Crippen LogP contribution < -0.4 is 11.1 Å². The number of nitrogens with zero attached hydrogens (tertiary/aromatic N) is 2. The molecule has 4 rings (SSSR count). The van der Waals surface area contributed by atoms with E-state index >= 15 is 0 Å². The van der Waals surface area contributed by atoms with Crippen molar-refractivity contribution in [2.24, 2.45) is 10.7 Å². The van der Waals surface area contributed by atoms with Crippen molar-refractivity contribution in [1.82, 2.24) is 9.88 Å². The number of aliphatic imine (C=N–C) groups is 1. The molecule has 1 saturated heterocycles. The molecule has 0 aliphatic carbocycles. The SMILES string of the molecule is NC(=O)Cn1cc(C=C2SC(=Nc3ccccc3)NC2=O)c2ccccc21. The largest absolute Gasteiger partial charge is 0.368 e. The van der Waals surface area contributed by atoms with Crippen LogP contribution in [0.15, 0.2) is 70.7 Å². The summed E-state index contributed by atoms with van der Waals surface area (Å²) in [6.45, 7) is 0.0870. The number of benzene rings is 2. The van der Waals surface area contributed by atoms with Crippen molar-refractivity contribution in [3.8, 4) is 0 Å². The van der Waals surface area contributed by atoms with E-state index in [4.69, 9.17) is 5.73 Å². The summed E-state index contributed by atoms with van der Waals surface area (Å²) in [6.07, 6.45) is 3.65. The van der Waals surface area contributed by atoms with Crippen LogP contribution in [-0.2, 0) is 16.1 Å². The van der Waals surface area contributed by atoms with E-state index in [1.165, 1.54) is 11.8 Å². The monoisotopic (exact) mass is 376 g/mol. The summed E-state index contributed by atoms with van der Waals surface area (Å²) in [5, 5.41) is 4.28. The van der Waals surface area contributed by atoms with Gasteiger partial charge in [0.2, 0.25) is 5.91 Å². The van der Waals surface area contributed by atoms with Crippen molar-refractivity contribution in [2.45, 2.75) is 6.54 Å². The smallest absolute Gasteiger partial charge is 0.264 e. The van der Waals surface area contributed by atoms with E-state index in [-0.39, 0.29) is 12.5 Å². The van der Waals surface area contributed by atoms with Crippen LogP contribution in [-0.4, -0.2) is 21.5 Å². The molecule has 27 heavy (non-hydrogen) atoms. The highest BCUT2D eigenvalue weighted by atomic mass is 32.2. The molecule has 3 N–H and O–H groups in total. The van der Waals surface area contributed by atoms with Crippen LogP contribution in [0.4, 0.5) is 5.69 Å². The molecule has 0 spiro atoms. The summed E-state index contributed by atoms with van der Waals surface area (Å²) < 4.78 is 1.79. The fourth-order valence-corrected chi connectivity index (χ4v) is 3.76. The minimum Gasteiger partial charge on any atom is -0.368 e. The first-order valence-electron chi connectivity index (χ1n) is 8.31. The number of carbonyl (C=O) groups is 2. The molecule has 3 aromatic rings. The number of amides is 2. The molecule has 1 fully saturated rings. The third kappa shape index (κ3) is 3.63. The zero-order valence-corrected chi connectivity index (χ0v) is 15.1. The number of aromatic nitrogens is 1. The van der Waals surface area contributed by atoms with Gasteiger partial charge in [-0.15, -0.1) is 0 Å². The molecule has 2 aromatic carbocycles. The minimum atomic E-state index is -0.416. The Morgan fingerprint density at radius 1 is 1.15 bits per heavy atom. The minimum absolute atomic E-state index is 0.0870. The Bertz CT molecular complexity index is 1100. The molecule has 1 aliphatic rings. The second-order valence-electron chi connectivity index (χ2n) is 6.01. The van der Waals surface area contributed by atoms with Gasteiger partial charge in [-0.1, -0.05) is 36.4 Å². The van der Waals surface area contributed by atoms with Gasteiger partial charge in [-0.25, -0.2) is 4.99 Å². The van der Waals surface area contributed by atoms with E-state index < -0.39 is 5.91 Å². The Hall–Kier alpha value is -3.32. The zero-order valence-electron chi connectivity index (χ0n) is 14.3. The van der Waals surface area contributed by atoms with E-state index in [1.807, 2.05) is 66.9 Å². The van der Waals surface area contributed by atoms with Crippen LogP contribution in [0, 0.1) is 0 Å². The zero-order chi connectivity index (χ0) is 18.8. The van der Waals surface area contributed by atoms with Crippen LogP contribution in [0.3, 0.4) is 0 Å². The number of primary amides is 1. The highest BCUT2D eigenvalue weighted by Gasteiger charge is 2.24. The molecular formula is C20H16N4O2S. The lowest BCUT2D eigenvalue weighted by atomic mass is 10.1. The Labute approximate surface area is 159 Å². The number of rotatable bonds is 4. The van der Waals surface area contributed by atoms with Crippen molar-refractivity contribution in [3.63, 3.8) is 0 Å². The molecule has 6 nitrogen and oxygen atoms in total. The number of para-hydroxylation sites is 2. The molecule has 2 heterocycles. The Kier molecular flexibility index (Phi) is 4.52. The lowest BCUT2D eigenvalue weighted by molar-refractivity contribution is -0.118. The van der Waals surface area contributed by atoms with Gasteiger partial charge in [0.1, 0.15) is 6.54 Å². The number of amidine groups is 1. The van der Waals surface area contributed by atoms with Gasteiger partial charge in [-0.2, -0.15) is 0 Å². The molecular weight excluding hydrogens is 360 g/mol. The normalized spacial score (nSPS) is 17.0. The molecule has 0 atom stereocenters. The van der Waals surface area contributed by atoms with E-state index in [0.717, 1.165) is 22.2 Å². The number of hydrogen-bond donors (Lipinski definition) is 2. The lowest BCUT2D eigenvalue weighted by Crippen LogP contribution is -2.19. The molecule has 7 heteroatoms. The highest BCUT2D eigenvalue weighted by molar-refractivity contribution is 8.18. The summed E-state index contributed by atoms with van der Waals surface area (Å²) >= 11 is 1.29. The summed E-state index contributed by atoms with van der Waals surface area (Å²) in [5.74, 6) is -0.610. The first-order valence-corrected chi connectivity index (χ1v) is 9.12. The maximum Gasteiger partial charge on any atom is 0.264 e. The average Bonchev–Trinajstić information content (AvgIpc) is 3.16. The van der Waals surface area contributed by atoms with Gasteiger partial charge in [0, 0.05) is 22.7 Å². The molecule has 0 radical (unpaired) electrons. The summed E-state index contributed by atoms with van der Waals surface area (Å²) in [4.78, 5) is 28.7. The van der Waals surface area contributed by atoms with Crippen molar-refractivity contribution in [2.75, 3.05) is 0 Å². The third-order valence-electron chi connectivity index (χ3n) is 4.07. The summed E-state index contributed by atoms with van der Waals surface area (Å²) in [5.41, 5.74) is 7.87. The van der Waals surface area contributed by atoms with Crippen LogP contribution in [0.5, 0.6) is 0 Å². The van der Waals surface area contributed by atoms with E-state index in [1.54, 1.807) is 4.57 Å². The number of nitrogens with one attached hydrogen (secondary N) is 1. The second kappa shape index (κ2) is 7.13. The Morgan fingerprint density at radius 3 is 2.67 bits per heavy atom. The van der Waals surface area contributed by atoms with Crippen LogP contribution >= 0.6 is 11.8 Å². The molecule has 134 valence electrons. The van der Waals surface area contributed by atoms with Gasteiger partial charge in [0.05, 0.1) is 10.6 Å². The maximum atomic E-state index is 12.3.